The van der Waals surface area contributed by atoms with Crippen molar-refractivity contribution in [1.82, 2.24) is 4.90 Å². The van der Waals surface area contributed by atoms with Gasteiger partial charge in [0.05, 0.1) is 24.2 Å². The first-order valence-electron chi connectivity index (χ1n) is 17.0. The fraction of sp³-hybridized carbons (Fsp3) is 0.657. The van der Waals surface area contributed by atoms with Gasteiger partial charge in [0.25, 0.3) is 11.8 Å². The molecule has 5 heterocycles. The number of ketones is 1. The van der Waals surface area contributed by atoms with E-state index in [0.29, 0.717) is 0 Å². The van der Waals surface area contributed by atoms with Gasteiger partial charge in [0, 0.05) is 20.3 Å². The van der Waals surface area contributed by atoms with Gasteiger partial charge < -0.3 is 52.2 Å². The highest BCUT2D eigenvalue weighted by molar-refractivity contribution is 6.21. The molecule has 0 radical (unpaired) electrons. The Kier molecular flexibility index (Phi) is 10.6. The monoisotopic (exact) mass is 733 g/mol. The third-order valence-electron chi connectivity index (χ3n) is 9.11. The molecular weight excluding hydrogens is 690 g/mol. The Balaban J connectivity index is 1.34. The molecule has 0 aromatic heterocycles. The molecule has 1 aromatic carbocycles. The lowest BCUT2D eigenvalue weighted by Gasteiger charge is -2.47. The van der Waals surface area contributed by atoms with Crippen molar-refractivity contribution in [3.05, 3.63) is 35.4 Å². The van der Waals surface area contributed by atoms with Crippen LogP contribution in [0.2, 0.25) is 0 Å². The van der Waals surface area contributed by atoms with E-state index in [1.54, 1.807) is 39.8 Å². The molecule has 0 N–H and O–H groups in total. The number of nitrogens with zero attached hydrogens (tertiary/aromatic N) is 1. The lowest BCUT2D eigenvalue weighted by Crippen LogP contribution is -2.68. The average molecular weight is 734 g/mol. The molecule has 0 spiro atoms. The summed E-state index contributed by atoms with van der Waals surface area (Å²) in [5, 5.41) is 0. The normalized spacial score (nSPS) is 34.2. The fourth-order valence-corrected chi connectivity index (χ4v) is 7.12. The highest BCUT2D eigenvalue weighted by Crippen LogP contribution is 2.45. The molecule has 4 saturated heterocycles. The SMILES string of the molecule is CC(=O)CCC(=O)OC[C@H]1O[C@@H](OC[C@H]2O[C@@H]3OC(C)(C)O[C@@H]3[C@H]3OC(C)(C)O[C@H]32)[C@H](N2C(=O)c3ccccc3C2=O)[C@@H](OC(C)=O)[C@@H]1OC(C)=O. The zero-order valence-corrected chi connectivity index (χ0v) is 29.9. The van der Waals surface area contributed by atoms with Crippen molar-refractivity contribution in [2.45, 2.75) is 134 Å². The number of Topliss-reactive ketones (excluding diaryl/α,β-unsaturated/α-hetero) is 1. The number of esters is 3. The van der Waals surface area contributed by atoms with Gasteiger partial charge in [-0.1, -0.05) is 12.1 Å². The molecular formula is C35H43NO16. The molecule has 1 aromatic rings. The number of hydrogen-bond acceptors (Lipinski definition) is 16. The minimum Gasteiger partial charge on any atom is -0.463 e. The first-order valence-corrected chi connectivity index (χ1v) is 17.0. The number of fused-ring (bicyclic) bond motifs is 4. The Labute approximate surface area is 299 Å². The van der Waals surface area contributed by atoms with Crippen LogP contribution < -0.4 is 0 Å². The van der Waals surface area contributed by atoms with Crippen molar-refractivity contribution in [1.29, 1.82) is 0 Å². The molecule has 0 unspecified atom stereocenters. The third-order valence-corrected chi connectivity index (χ3v) is 9.11. The van der Waals surface area contributed by atoms with Crippen LogP contribution in [-0.4, -0.2) is 127 Å². The lowest BCUT2D eigenvalue weighted by molar-refractivity contribution is -0.302. The predicted octanol–water partition coefficient (Wildman–Crippen LogP) is 1.57. The van der Waals surface area contributed by atoms with Crippen LogP contribution >= 0.6 is 0 Å². The fourth-order valence-electron chi connectivity index (χ4n) is 7.12. The van der Waals surface area contributed by atoms with E-state index in [1.807, 2.05) is 0 Å². The molecule has 6 rings (SSSR count). The van der Waals surface area contributed by atoms with Crippen molar-refractivity contribution in [3.63, 3.8) is 0 Å². The van der Waals surface area contributed by atoms with Crippen molar-refractivity contribution in [2.75, 3.05) is 13.2 Å². The topological polar surface area (TPSA) is 198 Å². The first kappa shape index (κ1) is 37.9. The van der Waals surface area contributed by atoms with E-state index in [0.717, 1.165) is 18.7 Å². The molecule has 2 amide bonds. The van der Waals surface area contributed by atoms with Gasteiger partial charge in [-0.25, -0.2) is 0 Å². The van der Waals surface area contributed by atoms with Crippen LogP contribution in [0.15, 0.2) is 24.3 Å². The van der Waals surface area contributed by atoms with Crippen LogP contribution in [0.25, 0.3) is 0 Å². The molecule has 17 nitrogen and oxygen atoms in total. The number of carbonyl (C=O) groups excluding carboxylic acids is 6. The van der Waals surface area contributed by atoms with E-state index in [-0.39, 0.29) is 36.4 Å². The van der Waals surface area contributed by atoms with Crippen molar-refractivity contribution in [2.24, 2.45) is 0 Å². The highest BCUT2D eigenvalue weighted by atomic mass is 16.9. The van der Waals surface area contributed by atoms with E-state index < -0.39 is 109 Å². The van der Waals surface area contributed by atoms with Crippen LogP contribution in [0.3, 0.4) is 0 Å². The summed E-state index contributed by atoms with van der Waals surface area (Å²) in [7, 11) is 0. The van der Waals surface area contributed by atoms with Gasteiger partial charge in [0.1, 0.15) is 49.0 Å². The number of hydrogen-bond donors (Lipinski definition) is 0. The number of rotatable bonds is 11. The number of benzene rings is 1. The average Bonchev–Trinajstić information content (AvgIpc) is 3.64. The summed E-state index contributed by atoms with van der Waals surface area (Å²) in [5.41, 5.74) is 0.172. The Morgan fingerprint density at radius 1 is 0.712 bits per heavy atom. The van der Waals surface area contributed by atoms with E-state index in [2.05, 4.69) is 0 Å². The Morgan fingerprint density at radius 2 is 1.29 bits per heavy atom. The maximum atomic E-state index is 13.9. The molecule has 52 heavy (non-hydrogen) atoms. The number of imide groups is 1. The number of ether oxygens (including phenoxy) is 10. The van der Waals surface area contributed by atoms with Gasteiger partial charge in [-0.3, -0.25) is 28.9 Å². The molecule has 5 aliphatic heterocycles. The minimum absolute atomic E-state index is 0.0682. The molecule has 5 aliphatic rings. The first-order chi connectivity index (χ1) is 24.4. The van der Waals surface area contributed by atoms with Crippen LogP contribution in [0, 0.1) is 0 Å². The van der Waals surface area contributed by atoms with Crippen molar-refractivity contribution >= 4 is 35.5 Å². The molecule has 284 valence electrons. The second-order valence-electron chi connectivity index (χ2n) is 14.1. The Hall–Kier alpha value is -3.84. The highest BCUT2D eigenvalue weighted by Gasteiger charge is 2.62. The van der Waals surface area contributed by atoms with Crippen LogP contribution in [0.1, 0.15) is 82.0 Å². The van der Waals surface area contributed by atoms with Gasteiger partial charge >= 0.3 is 17.9 Å². The largest absolute Gasteiger partial charge is 0.463 e. The van der Waals surface area contributed by atoms with Gasteiger partial charge in [-0.05, 0) is 46.8 Å². The molecule has 0 aliphatic carbocycles. The molecule has 0 bridgehead atoms. The van der Waals surface area contributed by atoms with Crippen molar-refractivity contribution < 1.29 is 76.1 Å². The minimum atomic E-state index is -1.58. The Morgan fingerprint density at radius 3 is 1.90 bits per heavy atom. The van der Waals surface area contributed by atoms with E-state index in [9.17, 15) is 28.8 Å². The molecule has 10 atom stereocenters. The van der Waals surface area contributed by atoms with Gasteiger partial charge in [0.2, 0.25) is 0 Å². The van der Waals surface area contributed by atoms with Gasteiger partial charge in [-0.15, -0.1) is 0 Å². The van der Waals surface area contributed by atoms with Gasteiger partial charge in [-0.2, -0.15) is 0 Å². The van der Waals surface area contributed by atoms with E-state index in [4.69, 9.17) is 47.4 Å². The smallest absolute Gasteiger partial charge is 0.306 e. The summed E-state index contributed by atoms with van der Waals surface area (Å²) in [5.74, 6) is -6.13. The second kappa shape index (κ2) is 14.5. The summed E-state index contributed by atoms with van der Waals surface area (Å²) in [4.78, 5) is 77.8. The quantitative estimate of drug-likeness (QED) is 0.180. The van der Waals surface area contributed by atoms with Crippen LogP contribution in [0.5, 0.6) is 0 Å². The third kappa shape index (κ3) is 7.76. The standard InChI is InChI=1S/C35H43NO16/c1-16(37)12-13-23(40)43-14-21-25(45-17(2)38)27(46-18(3)39)24(36-30(41)19-10-8-9-11-20(19)31(36)42)32(47-21)44-15-22-26-28(50-34(4,5)49-26)29-33(48-22)52-35(6,7)51-29/h8-11,21-22,24-29,32-33H,12-15H2,1-7H3/t21-,22-,24-,25-,26+,27-,28+,29-,32-,33-/m1/s1. The summed E-state index contributed by atoms with van der Waals surface area (Å²) < 4.78 is 60.1. The maximum Gasteiger partial charge on any atom is 0.306 e. The molecule has 4 fully saturated rings. The second-order valence-corrected chi connectivity index (χ2v) is 14.1. The zero-order valence-electron chi connectivity index (χ0n) is 29.9. The number of amides is 2. The van der Waals surface area contributed by atoms with Crippen molar-refractivity contribution in [3.8, 4) is 0 Å². The van der Waals surface area contributed by atoms with E-state index >= 15 is 0 Å². The summed E-state index contributed by atoms with van der Waals surface area (Å²) in [6.07, 6.45) is -10.0. The van der Waals surface area contributed by atoms with Crippen LogP contribution in [0.4, 0.5) is 0 Å². The summed E-state index contributed by atoms with van der Waals surface area (Å²) in [6.45, 7) is 9.64. The van der Waals surface area contributed by atoms with Gasteiger partial charge in [0.15, 0.2) is 36.4 Å². The molecule has 0 saturated carbocycles. The van der Waals surface area contributed by atoms with Crippen LogP contribution in [-0.2, 0) is 66.5 Å². The maximum absolute atomic E-state index is 13.9. The lowest BCUT2D eigenvalue weighted by atomic mass is 9.94. The summed E-state index contributed by atoms with van der Waals surface area (Å²) in [6, 6.07) is 4.59. The zero-order chi connectivity index (χ0) is 37.7. The number of carbonyl (C=O) groups is 6. The van der Waals surface area contributed by atoms with E-state index in [1.165, 1.54) is 19.1 Å². The molecule has 17 heteroatoms. The predicted molar refractivity (Wildman–Crippen MR) is 170 cm³/mol. The summed E-state index contributed by atoms with van der Waals surface area (Å²) >= 11 is 0. The Bertz CT molecular complexity index is 1570.